The molecule has 3 heteroatoms. The number of anilines is 1. The van der Waals surface area contributed by atoms with Gasteiger partial charge in [0.2, 0.25) is 0 Å². The molecule has 0 aliphatic carbocycles. The van der Waals surface area contributed by atoms with Crippen molar-refractivity contribution < 1.29 is 0 Å². The Morgan fingerprint density at radius 2 is 2.38 bits per heavy atom. The minimum Gasteiger partial charge on any atom is -0.385 e. The first kappa shape index (κ1) is 11.9. The third kappa shape index (κ3) is 3.49. The minimum absolute atomic E-state index is 0.790. The van der Waals surface area contributed by atoms with Crippen LogP contribution in [0.15, 0.2) is 28.7 Å². The fourth-order valence-corrected chi connectivity index (χ4v) is 2.70. The van der Waals surface area contributed by atoms with Gasteiger partial charge in [0.1, 0.15) is 0 Å². The number of benzene rings is 1. The van der Waals surface area contributed by atoms with E-state index in [0.29, 0.717) is 0 Å². The second-order valence-corrected chi connectivity index (χ2v) is 5.58. The molecule has 1 saturated heterocycles. The predicted molar refractivity (Wildman–Crippen MR) is 72.9 cm³/mol. The maximum absolute atomic E-state index is 3.52. The zero-order chi connectivity index (χ0) is 11.4. The largest absolute Gasteiger partial charge is 0.385 e. The van der Waals surface area contributed by atoms with E-state index in [0.717, 1.165) is 16.9 Å². The van der Waals surface area contributed by atoms with E-state index in [1.165, 1.54) is 31.6 Å². The lowest BCUT2D eigenvalue weighted by molar-refractivity contribution is 0.217. The number of hydrogen-bond donors (Lipinski definition) is 1. The van der Waals surface area contributed by atoms with Gasteiger partial charge in [0.15, 0.2) is 0 Å². The van der Waals surface area contributed by atoms with Gasteiger partial charge in [-0.2, -0.15) is 0 Å². The number of piperidine rings is 1. The van der Waals surface area contributed by atoms with Crippen molar-refractivity contribution in [1.29, 1.82) is 0 Å². The maximum Gasteiger partial charge on any atom is 0.0351 e. The van der Waals surface area contributed by atoms with Crippen LogP contribution in [0.3, 0.4) is 0 Å². The Morgan fingerprint density at radius 3 is 3.12 bits per heavy atom. The lowest BCUT2D eigenvalue weighted by atomic mass is 9.98. The Labute approximate surface area is 106 Å². The summed E-state index contributed by atoms with van der Waals surface area (Å²) in [6, 6.07) is 8.38. The molecule has 2 nitrogen and oxygen atoms in total. The summed E-state index contributed by atoms with van der Waals surface area (Å²) in [6.45, 7) is 3.56. The molecule has 0 aromatic heterocycles. The fourth-order valence-electron chi connectivity index (χ4n) is 2.30. The van der Waals surface area contributed by atoms with Crippen LogP contribution in [0, 0.1) is 5.92 Å². The Hall–Kier alpha value is -0.540. The molecule has 0 bridgehead atoms. The molecule has 1 fully saturated rings. The van der Waals surface area contributed by atoms with Crippen LogP contribution >= 0.6 is 15.9 Å². The predicted octanol–water partition coefficient (Wildman–Crippen LogP) is 3.20. The molecule has 88 valence electrons. The number of likely N-dealkylation sites (tertiary alicyclic amines) is 1. The van der Waals surface area contributed by atoms with Crippen molar-refractivity contribution in [2.24, 2.45) is 5.92 Å². The van der Waals surface area contributed by atoms with Crippen molar-refractivity contribution in [2.45, 2.75) is 12.8 Å². The summed E-state index contributed by atoms with van der Waals surface area (Å²) < 4.78 is 1.14. The second kappa shape index (κ2) is 5.69. The van der Waals surface area contributed by atoms with Crippen molar-refractivity contribution in [2.75, 3.05) is 32.0 Å². The quantitative estimate of drug-likeness (QED) is 0.916. The summed E-state index contributed by atoms with van der Waals surface area (Å²) in [5, 5.41) is 3.52. The number of hydrogen-bond acceptors (Lipinski definition) is 2. The van der Waals surface area contributed by atoms with E-state index in [1.807, 2.05) is 0 Å². The molecule has 1 aliphatic rings. The molecule has 1 aliphatic heterocycles. The van der Waals surface area contributed by atoms with Gasteiger partial charge >= 0.3 is 0 Å². The van der Waals surface area contributed by atoms with Crippen LogP contribution < -0.4 is 5.32 Å². The molecule has 1 heterocycles. The van der Waals surface area contributed by atoms with Crippen molar-refractivity contribution in [1.82, 2.24) is 4.90 Å². The van der Waals surface area contributed by atoms with Gasteiger partial charge in [-0.15, -0.1) is 0 Å². The summed E-state index contributed by atoms with van der Waals surface area (Å²) in [6.07, 6.45) is 2.69. The molecule has 16 heavy (non-hydrogen) atoms. The molecular formula is C13H19BrN2. The SMILES string of the molecule is CN1CCCC(CNc2cccc(Br)c2)C1. The number of rotatable bonds is 3. The van der Waals surface area contributed by atoms with Gasteiger partial charge in [-0.1, -0.05) is 22.0 Å². The Morgan fingerprint density at radius 1 is 1.50 bits per heavy atom. The van der Waals surface area contributed by atoms with Gasteiger partial charge in [0.05, 0.1) is 0 Å². The highest BCUT2D eigenvalue weighted by Gasteiger charge is 2.16. The highest BCUT2D eigenvalue weighted by molar-refractivity contribution is 9.10. The lowest BCUT2D eigenvalue weighted by Gasteiger charge is -2.29. The van der Waals surface area contributed by atoms with Gasteiger partial charge in [0.25, 0.3) is 0 Å². The zero-order valence-electron chi connectivity index (χ0n) is 9.75. The summed E-state index contributed by atoms with van der Waals surface area (Å²) in [4.78, 5) is 2.43. The molecule has 0 radical (unpaired) electrons. The Balaban J connectivity index is 1.82. The van der Waals surface area contributed by atoms with Crippen LogP contribution in [0.1, 0.15) is 12.8 Å². The molecule has 1 atom stereocenters. The lowest BCUT2D eigenvalue weighted by Crippen LogP contribution is -2.35. The van der Waals surface area contributed by atoms with E-state index in [2.05, 4.69) is 57.5 Å². The first-order valence-electron chi connectivity index (χ1n) is 5.92. The van der Waals surface area contributed by atoms with Crippen LogP contribution in [-0.4, -0.2) is 31.6 Å². The van der Waals surface area contributed by atoms with Crippen molar-refractivity contribution in [3.63, 3.8) is 0 Å². The molecule has 1 unspecified atom stereocenters. The minimum atomic E-state index is 0.790. The smallest absolute Gasteiger partial charge is 0.0351 e. The van der Waals surface area contributed by atoms with E-state index in [1.54, 1.807) is 0 Å². The zero-order valence-corrected chi connectivity index (χ0v) is 11.3. The van der Waals surface area contributed by atoms with Crippen molar-refractivity contribution >= 4 is 21.6 Å². The van der Waals surface area contributed by atoms with Gasteiger partial charge in [-0.05, 0) is 50.6 Å². The number of nitrogens with zero attached hydrogens (tertiary/aromatic N) is 1. The number of halogens is 1. The van der Waals surface area contributed by atoms with Crippen LogP contribution in [0.5, 0.6) is 0 Å². The molecule has 1 aromatic carbocycles. The molecule has 1 N–H and O–H groups in total. The fraction of sp³-hybridized carbons (Fsp3) is 0.538. The van der Waals surface area contributed by atoms with Crippen molar-refractivity contribution in [3.8, 4) is 0 Å². The van der Waals surface area contributed by atoms with E-state index in [-0.39, 0.29) is 0 Å². The Kier molecular flexibility index (Phi) is 4.24. The molecule has 1 aromatic rings. The van der Waals surface area contributed by atoms with Gasteiger partial charge in [0, 0.05) is 23.2 Å². The monoisotopic (exact) mass is 282 g/mol. The summed E-state index contributed by atoms with van der Waals surface area (Å²) in [5.74, 6) is 0.790. The normalized spacial score (nSPS) is 22.0. The van der Waals surface area contributed by atoms with E-state index < -0.39 is 0 Å². The number of nitrogens with one attached hydrogen (secondary N) is 1. The average molecular weight is 283 g/mol. The van der Waals surface area contributed by atoms with Crippen LogP contribution in [-0.2, 0) is 0 Å². The first-order valence-corrected chi connectivity index (χ1v) is 6.71. The highest BCUT2D eigenvalue weighted by atomic mass is 79.9. The van der Waals surface area contributed by atoms with Gasteiger partial charge in [-0.3, -0.25) is 0 Å². The van der Waals surface area contributed by atoms with Gasteiger partial charge in [-0.25, -0.2) is 0 Å². The Bertz CT molecular complexity index is 340. The summed E-state index contributed by atoms with van der Waals surface area (Å²) in [5.41, 5.74) is 1.21. The second-order valence-electron chi connectivity index (χ2n) is 4.66. The molecule has 0 spiro atoms. The van der Waals surface area contributed by atoms with Crippen LogP contribution in [0.2, 0.25) is 0 Å². The summed E-state index contributed by atoms with van der Waals surface area (Å²) >= 11 is 3.49. The average Bonchev–Trinajstić information content (AvgIpc) is 2.27. The third-order valence-corrected chi connectivity index (χ3v) is 3.63. The van der Waals surface area contributed by atoms with E-state index in [4.69, 9.17) is 0 Å². The third-order valence-electron chi connectivity index (χ3n) is 3.14. The van der Waals surface area contributed by atoms with E-state index in [9.17, 15) is 0 Å². The molecule has 0 amide bonds. The topological polar surface area (TPSA) is 15.3 Å². The first-order chi connectivity index (χ1) is 7.74. The van der Waals surface area contributed by atoms with Crippen LogP contribution in [0.25, 0.3) is 0 Å². The summed E-state index contributed by atoms with van der Waals surface area (Å²) in [7, 11) is 2.21. The molecule has 0 saturated carbocycles. The maximum atomic E-state index is 3.52. The molecular weight excluding hydrogens is 264 g/mol. The van der Waals surface area contributed by atoms with Crippen molar-refractivity contribution in [3.05, 3.63) is 28.7 Å². The van der Waals surface area contributed by atoms with Gasteiger partial charge < -0.3 is 10.2 Å². The standard InChI is InChI=1S/C13H19BrN2/c1-16-7-3-4-11(10-16)9-15-13-6-2-5-12(14)8-13/h2,5-6,8,11,15H,3-4,7,9-10H2,1H3. The molecule has 2 rings (SSSR count). The van der Waals surface area contributed by atoms with E-state index >= 15 is 0 Å². The highest BCUT2D eigenvalue weighted by Crippen LogP contribution is 2.18. The van der Waals surface area contributed by atoms with Crippen LogP contribution in [0.4, 0.5) is 5.69 Å².